The van der Waals surface area contributed by atoms with Crippen LogP contribution in [0.25, 0.3) is 0 Å². The van der Waals surface area contributed by atoms with Gasteiger partial charge in [-0.25, -0.2) is 4.79 Å². The number of hydrogen-bond donors (Lipinski definition) is 2. The number of urea groups is 1. The topological polar surface area (TPSA) is 78.5 Å². The highest BCUT2D eigenvalue weighted by atomic mass is 32.2. The zero-order chi connectivity index (χ0) is 17.9. The first-order chi connectivity index (χ1) is 12.0. The second-order valence-corrected chi connectivity index (χ2v) is 7.83. The van der Waals surface area contributed by atoms with E-state index in [9.17, 15) is 14.4 Å². The molecule has 1 saturated heterocycles. The lowest BCUT2D eigenvalue weighted by molar-refractivity contribution is -0.139. The molecule has 1 heterocycles. The maximum absolute atomic E-state index is 12.7. The average Bonchev–Trinajstić information content (AvgIpc) is 2.83. The Morgan fingerprint density at radius 3 is 2.64 bits per heavy atom. The summed E-state index contributed by atoms with van der Waals surface area (Å²) in [5.74, 6) is 0.788. The molecular weight excluding hydrogens is 338 g/mol. The molecule has 2 aliphatic rings. The number of carbonyl (C=O) groups excluding carboxylic acids is 3. The number of hydrogen-bond acceptors (Lipinski definition) is 4. The Hall–Kier alpha value is -2.02. The Labute approximate surface area is 151 Å². The molecule has 1 spiro atoms. The minimum absolute atomic E-state index is 0.190. The van der Waals surface area contributed by atoms with Crippen molar-refractivity contribution in [3.05, 3.63) is 35.9 Å². The van der Waals surface area contributed by atoms with Gasteiger partial charge in [-0.1, -0.05) is 37.3 Å². The van der Waals surface area contributed by atoms with Crippen LogP contribution >= 0.6 is 11.8 Å². The van der Waals surface area contributed by atoms with Crippen molar-refractivity contribution in [2.45, 2.75) is 43.9 Å². The molecule has 1 saturated carbocycles. The van der Waals surface area contributed by atoms with Crippen LogP contribution in [0.1, 0.15) is 38.2 Å². The molecule has 3 rings (SSSR count). The highest BCUT2D eigenvalue weighted by Crippen LogP contribution is 2.35. The molecule has 2 N–H and O–H groups in total. The van der Waals surface area contributed by atoms with E-state index in [0.717, 1.165) is 23.4 Å². The van der Waals surface area contributed by atoms with Gasteiger partial charge in [0.1, 0.15) is 5.54 Å². The molecule has 0 aromatic heterocycles. The van der Waals surface area contributed by atoms with E-state index < -0.39 is 11.6 Å². The van der Waals surface area contributed by atoms with E-state index in [1.165, 1.54) is 11.8 Å². The molecule has 0 unspecified atom stereocenters. The fraction of sp³-hybridized carbons (Fsp3) is 0.500. The van der Waals surface area contributed by atoms with Gasteiger partial charge in [0.05, 0.1) is 5.75 Å². The van der Waals surface area contributed by atoms with E-state index in [1.807, 2.05) is 30.3 Å². The SMILES string of the molecule is CC1CCC2(CC1)NC(=O)N(NC(=O)CSCc1ccccc1)C2=O. The number of carbonyl (C=O) groups is 3. The predicted octanol–water partition coefficient (Wildman–Crippen LogP) is 2.45. The van der Waals surface area contributed by atoms with Gasteiger partial charge in [0.2, 0.25) is 5.91 Å². The third-order valence-corrected chi connectivity index (χ3v) is 5.87. The minimum atomic E-state index is -0.825. The monoisotopic (exact) mass is 361 g/mol. The molecule has 0 radical (unpaired) electrons. The quantitative estimate of drug-likeness (QED) is 0.790. The molecule has 134 valence electrons. The Balaban J connectivity index is 1.51. The van der Waals surface area contributed by atoms with Crippen molar-refractivity contribution < 1.29 is 14.4 Å². The van der Waals surface area contributed by atoms with Crippen LogP contribution in [-0.4, -0.2) is 34.1 Å². The lowest BCUT2D eigenvalue weighted by atomic mass is 9.77. The zero-order valence-corrected chi connectivity index (χ0v) is 15.1. The number of thioether (sulfide) groups is 1. The number of nitrogens with zero attached hydrogens (tertiary/aromatic N) is 1. The Morgan fingerprint density at radius 1 is 1.28 bits per heavy atom. The maximum atomic E-state index is 12.7. The molecule has 1 aliphatic heterocycles. The lowest BCUT2D eigenvalue weighted by Gasteiger charge is -2.33. The molecule has 1 aromatic rings. The van der Waals surface area contributed by atoms with E-state index >= 15 is 0 Å². The fourth-order valence-corrected chi connectivity index (χ4v) is 4.09. The lowest BCUT2D eigenvalue weighted by Crippen LogP contribution is -2.51. The van der Waals surface area contributed by atoms with Crippen molar-refractivity contribution >= 4 is 29.6 Å². The van der Waals surface area contributed by atoms with E-state index in [2.05, 4.69) is 17.7 Å². The van der Waals surface area contributed by atoms with Crippen LogP contribution in [0.4, 0.5) is 4.79 Å². The van der Waals surface area contributed by atoms with Gasteiger partial charge in [-0.2, -0.15) is 5.01 Å². The zero-order valence-electron chi connectivity index (χ0n) is 14.3. The van der Waals surface area contributed by atoms with Crippen LogP contribution < -0.4 is 10.7 Å². The van der Waals surface area contributed by atoms with Crippen molar-refractivity contribution in [2.24, 2.45) is 5.92 Å². The van der Waals surface area contributed by atoms with Gasteiger partial charge in [0.15, 0.2) is 0 Å². The summed E-state index contributed by atoms with van der Waals surface area (Å²) in [4.78, 5) is 36.9. The molecule has 25 heavy (non-hydrogen) atoms. The molecule has 2 fully saturated rings. The van der Waals surface area contributed by atoms with Crippen molar-refractivity contribution in [3.8, 4) is 0 Å². The maximum Gasteiger partial charge on any atom is 0.344 e. The number of imide groups is 1. The second kappa shape index (κ2) is 7.47. The van der Waals surface area contributed by atoms with Gasteiger partial charge in [-0.05, 0) is 37.2 Å². The van der Waals surface area contributed by atoms with Crippen LogP contribution in [0, 0.1) is 5.92 Å². The van der Waals surface area contributed by atoms with Gasteiger partial charge in [0.25, 0.3) is 5.91 Å². The summed E-state index contributed by atoms with van der Waals surface area (Å²) in [6.45, 7) is 2.15. The highest BCUT2D eigenvalue weighted by Gasteiger charge is 2.52. The standard InChI is InChI=1S/C18H23N3O3S/c1-13-7-9-18(10-8-13)16(23)21(17(24)19-18)20-15(22)12-25-11-14-5-3-2-4-6-14/h2-6,13H,7-12H2,1H3,(H,19,24)(H,20,22). The van der Waals surface area contributed by atoms with E-state index in [1.54, 1.807) is 0 Å². The number of amides is 4. The van der Waals surface area contributed by atoms with Crippen molar-refractivity contribution in [1.29, 1.82) is 0 Å². The molecule has 6 nitrogen and oxygen atoms in total. The van der Waals surface area contributed by atoms with E-state index in [4.69, 9.17) is 0 Å². The number of rotatable bonds is 5. The van der Waals surface area contributed by atoms with Gasteiger partial charge in [0, 0.05) is 5.75 Å². The fourth-order valence-electron chi connectivity index (χ4n) is 3.31. The summed E-state index contributed by atoms with van der Waals surface area (Å²) in [5.41, 5.74) is 2.76. The minimum Gasteiger partial charge on any atom is -0.322 e. The molecule has 1 aliphatic carbocycles. The first kappa shape index (κ1) is 17.8. The summed E-state index contributed by atoms with van der Waals surface area (Å²) in [5, 5.41) is 3.66. The van der Waals surface area contributed by atoms with Crippen LogP contribution in [0.3, 0.4) is 0 Å². The van der Waals surface area contributed by atoms with Crippen LogP contribution in [0.5, 0.6) is 0 Å². The average molecular weight is 361 g/mol. The molecule has 1 aromatic carbocycles. The van der Waals surface area contributed by atoms with Gasteiger partial charge in [-0.15, -0.1) is 11.8 Å². The van der Waals surface area contributed by atoms with Crippen LogP contribution in [-0.2, 0) is 15.3 Å². The van der Waals surface area contributed by atoms with Crippen molar-refractivity contribution in [1.82, 2.24) is 15.8 Å². The summed E-state index contributed by atoms with van der Waals surface area (Å²) in [6, 6.07) is 9.31. The predicted molar refractivity (Wildman–Crippen MR) is 96.5 cm³/mol. The third kappa shape index (κ3) is 3.98. The van der Waals surface area contributed by atoms with Gasteiger partial charge >= 0.3 is 6.03 Å². The number of hydrazine groups is 1. The Bertz CT molecular complexity index is 657. The van der Waals surface area contributed by atoms with Crippen LogP contribution in [0.15, 0.2) is 30.3 Å². The Morgan fingerprint density at radius 2 is 1.96 bits per heavy atom. The molecule has 0 bridgehead atoms. The van der Waals surface area contributed by atoms with Gasteiger partial charge in [-0.3, -0.25) is 15.0 Å². The smallest absolute Gasteiger partial charge is 0.322 e. The molecule has 4 amide bonds. The Kier molecular flexibility index (Phi) is 5.32. The largest absolute Gasteiger partial charge is 0.344 e. The van der Waals surface area contributed by atoms with Crippen molar-refractivity contribution in [3.63, 3.8) is 0 Å². The summed E-state index contributed by atoms with van der Waals surface area (Å²) in [7, 11) is 0. The molecule has 7 heteroatoms. The first-order valence-electron chi connectivity index (χ1n) is 8.58. The third-order valence-electron chi connectivity index (χ3n) is 4.87. The van der Waals surface area contributed by atoms with E-state index in [-0.39, 0.29) is 17.6 Å². The number of benzene rings is 1. The van der Waals surface area contributed by atoms with Crippen LogP contribution in [0.2, 0.25) is 0 Å². The first-order valence-corrected chi connectivity index (χ1v) is 9.73. The highest BCUT2D eigenvalue weighted by molar-refractivity contribution is 7.99. The summed E-state index contributed by atoms with van der Waals surface area (Å²) >= 11 is 1.45. The molecule has 0 atom stereocenters. The summed E-state index contributed by atoms with van der Waals surface area (Å²) < 4.78 is 0. The number of nitrogens with one attached hydrogen (secondary N) is 2. The normalized spacial score (nSPS) is 26.0. The summed E-state index contributed by atoms with van der Waals surface area (Å²) in [6.07, 6.45) is 3.07. The second-order valence-electron chi connectivity index (χ2n) is 6.85. The van der Waals surface area contributed by atoms with Crippen molar-refractivity contribution in [2.75, 3.05) is 5.75 Å². The molecular formula is C18H23N3O3S. The van der Waals surface area contributed by atoms with Gasteiger partial charge < -0.3 is 5.32 Å². The van der Waals surface area contributed by atoms with E-state index in [0.29, 0.717) is 24.5 Å².